The Bertz CT molecular complexity index is 1450. The lowest BCUT2D eigenvalue weighted by molar-refractivity contribution is -0.117. The molecular weight excluding hydrogens is 564 g/mol. The van der Waals surface area contributed by atoms with Crippen molar-refractivity contribution in [3.63, 3.8) is 0 Å². The molecule has 3 aromatic carbocycles. The van der Waals surface area contributed by atoms with Gasteiger partial charge in [-0.1, -0.05) is 51.1 Å². The number of fused-ring (bicyclic) bond motifs is 1. The predicted molar refractivity (Wildman–Crippen MR) is 165 cm³/mol. The fourth-order valence-electron chi connectivity index (χ4n) is 6.13. The zero-order valence-corrected chi connectivity index (χ0v) is 25.6. The van der Waals surface area contributed by atoms with Gasteiger partial charge in [-0.3, -0.25) is 9.69 Å². The number of benzene rings is 3. The Labute approximate surface area is 257 Å². The van der Waals surface area contributed by atoms with Crippen LogP contribution < -0.4 is 24.3 Å². The quantitative estimate of drug-likeness (QED) is 0.234. The van der Waals surface area contributed by atoms with Gasteiger partial charge in [0.05, 0.1) is 26.3 Å². The summed E-state index contributed by atoms with van der Waals surface area (Å²) in [5.74, 6) is 1.60. The Balaban J connectivity index is 1.52. The Kier molecular flexibility index (Phi) is 9.79. The molecule has 234 valence electrons. The molecule has 44 heavy (non-hydrogen) atoms. The number of carbonyl (C=O) groups excluding carboxylic acids is 1. The van der Waals surface area contributed by atoms with E-state index in [-0.39, 0.29) is 19.2 Å². The molecule has 2 heterocycles. The Morgan fingerprint density at radius 1 is 1.00 bits per heavy atom. The van der Waals surface area contributed by atoms with E-state index in [1.54, 1.807) is 7.11 Å². The van der Waals surface area contributed by atoms with E-state index in [0.717, 1.165) is 47.2 Å². The molecule has 0 spiro atoms. The summed E-state index contributed by atoms with van der Waals surface area (Å²) in [7, 11) is 1.54. The highest BCUT2D eigenvalue weighted by Crippen LogP contribution is 2.48. The van der Waals surface area contributed by atoms with E-state index >= 15 is 0 Å². The third-order valence-electron chi connectivity index (χ3n) is 8.18. The van der Waals surface area contributed by atoms with Crippen LogP contribution in [-0.2, 0) is 22.4 Å². The molecule has 0 aliphatic carbocycles. The Morgan fingerprint density at radius 2 is 1.73 bits per heavy atom. The van der Waals surface area contributed by atoms with E-state index in [4.69, 9.17) is 23.7 Å². The number of amides is 1. The lowest BCUT2D eigenvalue weighted by Crippen LogP contribution is -2.36. The SMILES string of the molecule is CCCOc1ccc([C@@H]2[C@@H](OC(=O)O)[C@@H](c3cc(OC)c4c(c3)OCO4)CN2CC(=O)Nc2c(CC)cccc2CC)cc1. The standard InChI is InChI=1S/C34H40N2O8/c1-5-15-41-25-13-11-23(12-14-25)31-32(44-34(38)39)26(24-16-27(40-4)33-28(17-24)42-20-43-33)18-36(31)19-29(37)35-30-21(6-2)9-8-10-22(30)7-3/h8-14,16-17,26,31-32H,5-7,15,18-20H2,1-4H3,(H,35,37)(H,38,39)/t26-,31-,32+/m1/s1. The van der Waals surface area contributed by atoms with Gasteiger partial charge >= 0.3 is 6.16 Å². The number of hydrogen-bond acceptors (Lipinski definition) is 8. The maximum absolute atomic E-state index is 13.7. The van der Waals surface area contributed by atoms with Crippen LogP contribution in [0.15, 0.2) is 54.6 Å². The van der Waals surface area contributed by atoms with Gasteiger partial charge in [0.15, 0.2) is 11.5 Å². The van der Waals surface area contributed by atoms with Crippen molar-refractivity contribution in [3.8, 4) is 23.0 Å². The number of methoxy groups -OCH3 is 1. The third kappa shape index (κ3) is 6.55. The zero-order chi connectivity index (χ0) is 31.2. The monoisotopic (exact) mass is 604 g/mol. The molecule has 3 aromatic rings. The van der Waals surface area contributed by atoms with Gasteiger partial charge in [0.1, 0.15) is 11.9 Å². The van der Waals surface area contributed by atoms with Crippen molar-refractivity contribution in [2.24, 2.45) is 0 Å². The summed E-state index contributed by atoms with van der Waals surface area (Å²) < 4.78 is 28.2. The lowest BCUT2D eigenvalue weighted by Gasteiger charge is -2.28. The molecule has 10 heteroatoms. The number of aryl methyl sites for hydroxylation is 2. The lowest BCUT2D eigenvalue weighted by atomic mass is 9.90. The largest absolute Gasteiger partial charge is 0.506 e. The molecule has 3 atom stereocenters. The van der Waals surface area contributed by atoms with Gasteiger partial charge in [-0.2, -0.15) is 0 Å². The average molecular weight is 605 g/mol. The van der Waals surface area contributed by atoms with Crippen molar-refractivity contribution in [3.05, 3.63) is 76.9 Å². The number of anilines is 1. The summed E-state index contributed by atoms with van der Waals surface area (Å²) in [5.41, 5.74) is 4.54. The number of para-hydroxylation sites is 1. The van der Waals surface area contributed by atoms with Crippen LogP contribution in [0, 0.1) is 0 Å². The second kappa shape index (κ2) is 13.9. The van der Waals surface area contributed by atoms with Crippen LogP contribution in [0.25, 0.3) is 0 Å². The van der Waals surface area contributed by atoms with Crippen LogP contribution in [0.1, 0.15) is 61.4 Å². The van der Waals surface area contributed by atoms with Gasteiger partial charge in [0.25, 0.3) is 0 Å². The van der Waals surface area contributed by atoms with E-state index in [0.29, 0.717) is 36.1 Å². The molecular formula is C34H40N2O8. The fourth-order valence-corrected chi connectivity index (χ4v) is 6.13. The molecule has 0 aromatic heterocycles. The van der Waals surface area contributed by atoms with Crippen LogP contribution in [0.4, 0.5) is 10.5 Å². The van der Waals surface area contributed by atoms with Crippen molar-refractivity contribution >= 4 is 17.7 Å². The number of nitrogens with zero attached hydrogens (tertiary/aromatic N) is 1. The average Bonchev–Trinajstić information content (AvgIpc) is 3.64. The van der Waals surface area contributed by atoms with E-state index in [1.165, 1.54) is 0 Å². The minimum atomic E-state index is -1.39. The van der Waals surface area contributed by atoms with Crippen molar-refractivity contribution in [1.29, 1.82) is 0 Å². The minimum absolute atomic E-state index is 0.0254. The fraction of sp³-hybridized carbons (Fsp3) is 0.412. The maximum atomic E-state index is 13.7. The van der Waals surface area contributed by atoms with Gasteiger partial charge in [-0.15, -0.1) is 0 Å². The summed E-state index contributed by atoms with van der Waals surface area (Å²) in [4.78, 5) is 27.8. The van der Waals surface area contributed by atoms with Gasteiger partial charge in [0, 0.05) is 18.2 Å². The molecule has 1 amide bonds. The molecule has 2 aliphatic rings. The molecule has 10 nitrogen and oxygen atoms in total. The molecule has 5 rings (SSSR count). The summed E-state index contributed by atoms with van der Waals surface area (Å²) in [6.45, 7) is 7.19. The summed E-state index contributed by atoms with van der Waals surface area (Å²) in [5, 5.41) is 13.0. The second-order valence-electron chi connectivity index (χ2n) is 10.9. The van der Waals surface area contributed by atoms with Crippen LogP contribution in [0.3, 0.4) is 0 Å². The van der Waals surface area contributed by atoms with Gasteiger partial charge in [-0.25, -0.2) is 4.79 Å². The summed E-state index contributed by atoms with van der Waals surface area (Å²) in [6.07, 6.45) is 0.220. The Hall–Kier alpha value is -4.44. The molecule has 2 N–H and O–H groups in total. The van der Waals surface area contributed by atoms with Crippen LogP contribution in [0.2, 0.25) is 0 Å². The van der Waals surface area contributed by atoms with E-state index in [1.807, 2.05) is 66.4 Å². The summed E-state index contributed by atoms with van der Waals surface area (Å²) >= 11 is 0. The van der Waals surface area contributed by atoms with E-state index in [2.05, 4.69) is 19.2 Å². The first-order valence-corrected chi connectivity index (χ1v) is 15.1. The molecule has 1 fully saturated rings. The number of carbonyl (C=O) groups is 2. The first-order chi connectivity index (χ1) is 21.4. The van der Waals surface area contributed by atoms with Crippen molar-refractivity contribution in [1.82, 2.24) is 4.90 Å². The molecule has 0 saturated carbocycles. The van der Waals surface area contributed by atoms with Gasteiger partial charge in [0.2, 0.25) is 18.4 Å². The van der Waals surface area contributed by atoms with Crippen molar-refractivity contribution in [2.45, 2.75) is 58.1 Å². The van der Waals surface area contributed by atoms with E-state index in [9.17, 15) is 14.7 Å². The van der Waals surface area contributed by atoms with E-state index < -0.39 is 24.2 Å². The van der Waals surface area contributed by atoms with Crippen molar-refractivity contribution in [2.75, 3.05) is 38.9 Å². The number of nitrogens with one attached hydrogen (secondary N) is 1. The highest BCUT2D eigenvalue weighted by atomic mass is 16.7. The smallest absolute Gasteiger partial charge is 0.494 e. The molecule has 1 saturated heterocycles. The van der Waals surface area contributed by atoms with Gasteiger partial charge in [-0.05, 0) is 65.8 Å². The molecule has 0 radical (unpaired) electrons. The van der Waals surface area contributed by atoms with Gasteiger partial charge < -0.3 is 34.1 Å². The molecule has 2 aliphatic heterocycles. The first-order valence-electron chi connectivity index (χ1n) is 15.1. The number of carboxylic acid groups (broad SMARTS) is 1. The number of hydrogen-bond donors (Lipinski definition) is 2. The third-order valence-corrected chi connectivity index (χ3v) is 8.18. The number of rotatable bonds is 12. The normalized spacial score (nSPS) is 19.0. The van der Waals surface area contributed by atoms with Crippen LogP contribution >= 0.6 is 0 Å². The Morgan fingerprint density at radius 3 is 2.36 bits per heavy atom. The maximum Gasteiger partial charge on any atom is 0.506 e. The second-order valence-corrected chi connectivity index (χ2v) is 10.9. The number of ether oxygens (including phenoxy) is 5. The predicted octanol–water partition coefficient (Wildman–Crippen LogP) is 6.18. The minimum Gasteiger partial charge on any atom is -0.494 e. The highest BCUT2D eigenvalue weighted by molar-refractivity contribution is 5.94. The number of likely N-dealkylation sites (tertiary alicyclic amines) is 1. The van der Waals surface area contributed by atoms with Crippen LogP contribution in [-0.4, -0.2) is 61.8 Å². The summed E-state index contributed by atoms with van der Waals surface area (Å²) in [6, 6.07) is 16.7. The first kappa shape index (κ1) is 31.0. The van der Waals surface area contributed by atoms with Crippen LogP contribution in [0.5, 0.6) is 23.0 Å². The highest BCUT2D eigenvalue weighted by Gasteiger charge is 2.47. The molecule has 0 bridgehead atoms. The van der Waals surface area contributed by atoms with Crippen molar-refractivity contribution < 1.29 is 38.4 Å². The molecule has 0 unspecified atom stereocenters. The topological polar surface area (TPSA) is 116 Å². The zero-order valence-electron chi connectivity index (χ0n) is 25.6.